The van der Waals surface area contributed by atoms with Gasteiger partial charge >= 0.3 is 0 Å². The van der Waals surface area contributed by atoms with Crippen molar-refractivity contribution < 1.29 is 14.3 Å². The maximum atomic E-state index is 11.8. The number of rotatable bonds is 7. The summed E-state index contributed by atoms with van der Waals surface area (Å²) in [6, 6.07) is 7.62. The van der Waals surface area contributed by atoms with Crippen LogP contribution in [-0.4, -0.2) is 56.5 Å². The Morgan fingerprint density at radius 3 is 2.70 bits per heavy atom. The number of benzene rings is 1. The summed E-state index contributed by atoms with van der Waals surface area (Å²) < 4.78 is 10.9. The molecule has 1 fully saturated rings. The van der Waals surface area contributed by atoms with E-state index < -0.39 is 0 Å². The molecule has 1 aliphatic heterocycles. The fourth-order valence-corrected chi connectivity index (χ4v) is 2.09. The first-order chi connectivity index (χ1) is 11.1. The Morgan fingerprint density at radius 1 is 1.35 bits per heavy atom. The number of carbonyl (C=O) groups excluding carboxylic acids is 1. The highest BCUT2D eigenvalue weighted by Crippen LogP contribution is 2.12. The average Bonchev–Trinajstić information content (AvgIpc) is 2.55. The Kier molecular flexibility index (Phi) is 7.03. The van der Waals surface area contributed by atoms with E-state index in [0.29, 0.717) is 32.3 Å². The van der Waals surface area contributed by atoms with Crippen LogP contribution < -0.4 is 10.2 Å². The number of hydrogen-bond acceptors (Lipinski definition) is 5. The molecule has 0 atom stereocenters. The second kappa shape index (κ2) is 9.27. The lowest BCUT2D eigenvalue weighted by molar-refractivity contribution is -0.123. The van der Waals surface area contributed by atoms with Gasteiger partial charge in [0.2, 0.25) is 0 Å². The van der Waals surface area contributed by atoms with Crippen molar-refractivity contribution in [1.82, 2.24) is 10.3 Å². The number of hydrazone groups is 1. The quantitative estimate of drug-likeness (QED) is 0.611. The second-order valence-electron chi connectivity index (χ2n) is 5.96. The summed E-state index contributed by atoms with van der Waals surface area (Å²) in [6.45, 7) is 8.21. The Bertz CT molecular complexity index is 508. The molecular formula is C17H25N3O3. The second-order valence-corrected chi connectivity index (χ2v) is 5.96. The molecular weight excluding hydrogens is 294 g/mol. The van der Waals surface area contributed by atoms with Gasteiger partial charge in [-0.3, -0.25) is 9.69 Å². The molecule has 0 spiro atoms. The summed E-state index contributed by atoms with van der Waals surface area (Å²) in [5.74, 6) is 1.23. The predicted molar refractivity (Wildman–Crippen MR) is 89.8 cm³/mol. The first kappa shape index (κ1) is 17.4. The van der Waals surface area contributed by atoms with Gasteiger partial charge < -0.3 is 9.47 Å². The van der Waals surface area contributed by atoms with Crippen molar-refractivity contribution in [3.8, 4) is 5.75 Å². The lowest BCUT2D eigenvalue weighted by atomic mass is 10.2. The molecule has 1 aromatic rings. The third kappa shape index (κ3) is 6.80. The fraction of sp³-hybridized carbons (Fsp3) is 0.529. The van der Waals surface area contributed by atoms with E-state index >= 15 is 0 Å². The minimum Gasteiger partial charge on any atom is -0.493 e. The van der Waals surface area contributed by atoms with Crippen LogP contribution in [0.4, 0.5) is 0 Å². The van der Waals surface area contributed by atoms with Gasteiger partial charge in [-0.25, -0.2) is 5.43 Å². The van der Waals surface area contributed by atoms with Crippen LogP contribution in [0.1, 0.15) is 19.4 Å². The third-order valence-electron chi connectivity index (χ3n) is 3.34. The molecule has 0 aromatic heterocycles. The van der Waals surface area contributed by atoms with Gasteiger partial charge in [0.05, 0.1) is 32.6 Å². The normalized spacial score (nSPS) is 16.0. The SMILES string of the molecule is CC(C)COc1ccc(/C=N\NC(=O)CN2CCOCC2)cc1. The molecule has 1 N–H and O–H groups in total. The molecule has 0 aliphatic carbocycles. The molecule has 2 rings (SSSR count). The Labute approximate surface area is 137 Å². The summed E-state index contributed by atoms with van der Waals surface area (Å²) >= 11 is 0. The number of amides is 1. The Balaban J connectivity index is 1.72. The van der Waals surface area contributed by atoms with Gasteiger partial charge in [0, 0.05) is 13.1 Å². The van der Waals surface area contributed by atoms with Crippen LogP contribution >= 0.6 is 0 Å². The van der Waals surface area contributed by atoms with E-state index in [4.69, 9.17) is 9.47 Å². The highest BCUT2D eigenvalue weighted by atomic mass is 16.5. The topological polar surface area (TPSA) is 63.2 Å². The van der Waals surface area contributed by atoms with E-state index in [0.717, 1.165) is 24.4 Å². The smallest absolute Gasteiger partial charge is 0.254 e. The van der Waals surface area contributed by atoms with Crippen molar-refractivity contribution >= 4 is 12.1 Å². The van der Waals surface area contributed by atoms with Crippen LogP contribution in [0.25, 0.3) is 0 Å². The summed E-state index contributed by atoms with van der Waals surface area (Å²) in [7, 11) is 0. The van der Waals surface area contributed by atoms with Crippen molar-refractivity contribution in [3.63, 3.8) is 0 Å². The summed E-state index contributed by atoms with van der Waals surface area (Å²) in [5.41, 5.74) is 3.46. The highest BCUT2D eigenvalue weighted by molar-refractivity contribution is 5.83. The van der Waals surface area contributed by atoms with Crippen LogP contribution in [-0.2, 0) is 9.53 Å². The van der Waals surface area contributed by atoms with Gasteiger partial charge in [0.25, 0.3) is 5.91 Å². The number of nitrogens with zero attached hydrogens (tertiary/aromatic N) is 2. The minimum atomic E-state index is -0.111. The first-order valence-corrected chi connectivity index (χ1v) is 7.98. The average molecular weight is 319 g/mol. The molecule has 1 aliphatic rings. The van der Waals surface area contributed by atoms with Crippen LogP contribution in [0, 0.1) is 5.92 Å². The molecule has 0 radical (unpaired) electrons. The van der Waals surface area contributed by atoms with Crippen molar-refractivity contribution in [1.29, 1.82) is 0 Å². The number of morpholine rings is 1. The standard InChI is InChI=1S/C17H25N3O3/c1-14(2)13-23-16-5-3-15(4-6-16)11-18-19-17(21)12-20-7-9-22-10-8-20/h3-6,11,14H,7-10,12-13H2,1-2H3,(H,19,21)/b18-11-. The van der Waals surface area contributed by atoms with Crippen molar-refractivity contribution in [2.24, 2.45) is 11.0 Å². The van der Waals surface area contributed by atoms with Crippen LogP contribution in [0.2, 0.25) is 0 Å². The van der Waals surface area contributed by atoms with Gasteiger partial charge in [-0.2, -0.15) is 5.10 Å². The number of hydrogen-bond donors (Lipinski definition) is 1. The van der Waals surface area contributed by atoms with Crippen molar-refractivity contribution in [2.45, 2.75) is 13.8 Å². The molecule has 0 unspecified atom stereocenters. The van der Waals surface area contributed by atoms with E-state index in [1.54, 1.807) is 6.21 Å². The Hall–Kier alpha value is -1.92. The number of ether oxygens (including phenoxy) is 2. The van der Waals surface area contributed by atoms with Crippen molar-refractivity contribution in [2.75, 3.05) is 39.5 Å². The van der Waals surface area contributed by atoms with Gasteiger partial charge in [-0.1, -0.05) is 13.8 Å². The molecule has 1 aromatic carbocycles. The maximum Gasteiger partial charge on any atom is 0.254 e. The molecule has 1 heterocycles. The van der Waals surface area contributed by atoms with E-state index in [1.807, 2.05) is 24.3 Å². The molecule has 23 heavy (non-hydrogen) atoms. The largest absolute Gasteiger partial charge is 0.493 e. The van der Waals surface area contributed by atoms with Gasteiger partial charge in [0.1, 0.15) is 5.75 Å². The number of carbonyl (C=O) groups is 1. The molecule has 1 saturated heterocycles. The van der Waals surface area contributed by atoms with Gasteiger partial charge in [-0.05, 0) is 35.7 Å². The first-order valence-electron chi connectivity index (χ1n) is 7.98. The summed E-state index contributed by atoms with van der Waals surface area (Å²) in [5, 5.41) is 3.99. The minimum absolute atomic E-state index is 0.111. The van der Waals surface area contributed by atoms with Gasteiger partial charge in [-0.15, -0.1) is 0 Å². The molecule has 6 heteroatoms. The molecule has 0 saturated carbocycles. The van der Waals surface area contributed by atoms with E-state index in [9.17, 15) is 4.79 Å². The predicted octanol–water partition coefficient (Wildman–Crippen LogP) is 1.50. The van der Waals surface area contributed by atoms with Crippen LogP contribution in [0.5, 0.6) is 5.75 Å². The molecule has 6 nitrogen and oxygen atoms in total. The lowest BCUT2D eigenvalue weighted by Crippen LogP contribution is -2.42. The van der Waals surface area contributed by atoms with E-state index in [-0.39, 0.29) is 5.91 Å². The lowest BCUT2D eigenvalue weighted by Gasteiger charge is -2.25. The monoisotopic (exact) mass is 319 g/mol. The molecule has 0 bridgehead atoms. The Morgan fingerprint density at radius 2 is 2.04 bits per heavy atom. The van der Waals surface area contributed by atoms with Crippen LogP contribution in [0.15, 0.2) is 29.4 Å². The summed E-state index contributed by atoms with van der Waals surface area (Å²) in [4.78, 5) is 13.8. The third-order valence-corrected chi connectivity index (χ3v) is 3.34. The van der Waals surface area contributed by atoms with Gasteiger partial charge in [0.15, 0.2) is 0 Å². The maximum absolute atomic E-state index is 11.8. The zero-order valence-corrected chi connectivity index (χ0v) is 13.8. The van der Waals surface area contributed by atoms with E-state index in [2.05, 4.69) is 29.3 Å². The van der Waals surface area contributed by atoms with E-state index in [1.165, 1.54) is 0 Å². The molecule has 1 amide bonds. The molecule has 126 valence electrons. The summed E-state index contributed by atoms with van der Waals surface area (Å²) in [6.07, 6.45) is 1.63. The fourth-order valence-electron chi connectivity index (χ4n) is 2.09. The van der Waals surface area contributed by atoms with Crippen LogP contribution in [0.3, 0.4) is 0 Å². The highest BCUT2D eigenvalue weighted by Gasteiger charge is 2.13. The zero-order valence-electron chi connectivity index (χ0n) is 13.8. The zero-order chi connectivity index (χ0) is 16.5. The van der Waals surface area contributed by atoms with Crippen molar-refractivity contribution in [3.05, 3.63) is 29.8 Å². The number of nitrogens with one attached hydrogen (secondary N) is 1.